The van der Waals surface area contributed by atoms with E-state index in [0.717, 1.165) is 19.3 Å². The maximum atomic E-state index is 13.0. The first-order valence-electron chi connectivity index (χ1n) is 4.68. The molecule has 0 aliphatic heterocycles. The van der Waals surface area contributed by atoms with Crippen molar-refractivity contribution < 1.29 is 8.78 Å². The summed E-state index contributed by atoms with van der Waals surface area (Å²) in [7, 11) is 0. The first kappa shape index (κ1) is 8.42. The predicted octanol–water partition coefficient (Wildman–Crippen LogP) is 2.16. The third kappa shape index (κ3) is 1.60. The van der Waals surface area contributed by atoms with Crippen molar-refractivity contribution >= 4 is 0 Å². The summed E-state index contributed by atoms with van der Waals surface area (Å²) < 4.78 is 26.0. The highest BCUT2D eigenvalue weighted by Crippen LogP contribution is 2.46. The zero-order chi connectivity index (χ0) is 8.77. The quantitative estimate of drug-likeness (QED) is 0.600. The van der Waals surface area contributed by atoms with Crippen LogP contribution in [-0.2, 0) is 0 Å². The number of hydrogen-bond donors (Lipinski definition) is 1. The number of nitrogens with two attached hydrogens (primary N) is 1. The average molecular weight is 175 g/mol. The van der Waals surface area contributed by atoms with Gasteiger partial charge >= 0.3 is 0 Å². The van der Waals surface area contributed by atoms with E-state index in [9.17, 15) is 8.78 Å². The highest BCUT2D eigenvalue weighted by Gasteiger charge is 2.44. The molecule has 2 rings (SSSR count). The molecule has 0 heterocycles. The number of rotatable bonds is 0. The molecule has 0 radical (unpaired) electrons. The molecule has 2 fully saturated rings. The smallest absolute Gasteiger partial charge is 0.248 e. The Kier molecular flexibility index (Phi) is 1.86. The molecule has 2 aliphatic carbocycles. The van der Waals surface area contributed by atoms with E-state index in [1.807, 2.05) is 0 Å². The fourth-order valence-electron chi connectivity index (χ4n) is 2.88. The van der Waals surface area contributed by atoms with Gasteiger partial charge in [-0.1, -0.05) is 0 Å². The molecule has 0 aromatic carbocycles. The zero-order valence-corrected chi connectivity index (χ0v) is 7.10. The van der Waals surface area contributed by atoms with Gasteiger partial charge in [0.1, 0.15) is 0 Å². The van der Waals surface area contributed by atoms with E-state index in [0.29, 0.717) is 0 Å². The summed E-state index contributed by atoms with van der Waals surface area (Å²) in [5, 5.41) is 0. The normalized spacial score (nSPS) is 45.8. The summed E-state index contributed by atoms with van der Waals surface area (Å²) in [6.07, 6.45) is 2.77. The molecule has 3 atom stereocenters. The van der Waals surface area contributed by atoms with Gasteiger partial charge in [0.15, 0.2) is 0 Å². The van der Waals surface area contributed by atoms with Gasteiger partial charge in [0, 0.05) is 18.9 Å². The lowest BCUT2D eigenvalue weighted by Crippen LogP contribution is -2.41. The summed E-state index contributed by atoms with van der Waals surface area (Å²) in [4.78, 5) is 0. The zero-order valence-electron chi connectivity index (χ0n) is 7.10. The number of hydrogen-bond acceptors (Lipinski definition) is 1. The molecule has 1 nitrogen and oxygen atoms in total. The molecule has 2 aliphatic rings. The molecule has 2 N–H and O–H groups in total. The number of fused-ring (bicyclic) bond motifs is 2. The molecule has 0 spiro atoms. The first-order chi connectivity index (χ1) is 5.55. The molecule has 0 amide bonds. The van der Waals surface area contributed by atoms with Crippen LogP contribution in [0.25, 0.3) is 0 Å². The van der Waals surface area contributed by atoms with Crippen LogP contribution in [0.4, 0.5) is 8.78 Å². The van der Waals surface area contributed by atoms with Crippen LogP contribution >= 0.6 is 0 Å². The highest BCUT2D eigenvalue weighted by molar-refractivity contribution is 4.91. The van der Waals surface area contributed by atoms with Crippen molar-refractivity contribution in [2.24, 2.45) is 17.6 Å². The molecule has 3 heteroatoms. The number of halogens is 2. The summed E-state index contributed by atoms with van der Waals surface area (Å²) >= 11 is 0. The Morgan fingerprint density at radius 1 is 1.00 bits per heavy atom. The summed E-state index contributed by atoms with van der Waals surface area (Å²) in [5.74, 6) is -2.00. The Balaban J connectivity index is 2.06. The standard InChI is InChI=1S/C9H15F2N/c10-9(11)4-6-1-7(5-9)3-8(12)2-6/h6-8H,1-5,12H2/t6-,7+,8?. The van der Waals surface area contributed by atoms with E-state index in [1.54, 1.807) is 0 Å². The van der Waals surface area contributed by atoms with Crippen LogP contribution in [0.3, 0.4) is 0 Å². The second kappa shape index (κ2) is 2.66. The number of alkyl halides is 2. The molecular weight excluding hydrogens is 160 g/mol. The van der Waals surface area contributed by atoms with Crippen molar-refractivity contribution in [3.05, 3.63) is 0 Å². The molecule has 0 aromatic rings. The summed E-state index contributed by atoms with van der Waals surface area (Å²) in [5.41, 5.74) is 5.77. The van der Waals surface area contributed by atoms with Gasteiger partial charge in [0.25, 0.3) is 0 Å². The molecular formula is C9H15F2N. The lowest BCUT2D eigenvalue weighted by Gasteiger charge is -2.41. The fraction of sp³-hybridized carbons (Fsp3) is 1.00. The molecule has 12 heavy (non-hydrogen) atoms. The van der Waals surface area contributed by atoms with Gasteiger partial charge in [-0.15, -0.1) is 0 Å². The van der Waals surface area contributed by atoms with Crippen LogP contribution in [-0.4, -0.2) is 12.0 Å². The lowest BCUT2D eigenvalue weighted by molar-refractivity contribution is -0.0863. The Bertz CT molecular complexity index is 161. The van der Waals surface area contributed by atoms with E-state index in [-0.39, 0.29) is 30.7 Å². The van der Waals surface area contributed by atoms with Gasteiger partial charge in [0.2, 0.25) is 5.92 Å². The molecule has 70 valence electrons. The average Bonchev–Trinajstić information content (AvgIpc) is 1.78. The van der Waals surface area contributed by atoms with Crippen LogP contribution in [0.2, 0.25) is 0 Å². The van der Waals surface area contributed by atoms with Crippen molar-refractivity contribution in [3.63, 3.8) is 0 Å². The minimum atomic E-state index is -2.40. The van der Waals surface area contributed by atoms with Crippen molar-refractivity contribution in [1.29, 1.82) is 0 Å². The highest BCUT2D eigenvalue weighted by atomic mass is 19.3. The van der Waals surface area contributed by atoms with E-state index >= 15 is 0 Å². The van der Waals surface area contributed by atoms with Gasteiger partial charge in [-0.05, 0) is 31.1 Å². The molecule has 0 saturated heterocycles. The Morgan fingerprint density at radius 2 is 1.50 bits per heavy atom. The minimum absolute atomic E-state index is 0.0806. The summed E-state index contributed by atoms with van der Waals surface area (Å²) in [6, 6.07) is 0.185. The second-order valence-corrected chi connectivity index (χ2v) is 4.46. The van der Waals surface area contributed by atoms with Gasteiger partial charge in [-0.3, -0.25) is 0 Å². The first-order valence-corrected chi connectivity index (χ1v) is 4.68. The largest absolute Gasteiger partial charge is 0.328 e. The topological polar surface area (TPSA) is 26.0 Å². The predicted molar refractivity (Wildman–Crippen MR) is 43.0 cm³/mol. The van der Waals surface area contributed by atoms with E-state index in [4.69, 9.17) is 5.73 Å². The minimum Gasteiger partial charge on any atom is -0.328 e. The Labute approximate surface area is 71.3 Å². The van der Waals surface area contributed by atoms with Crippen molar-refractivity contribution in [2.45, 2.75) is 44.1 Å². The SMILES string of the molecule is NC1C[C@@H]2C[C@H](C1)CC(F)(F)C2. The van der Waals surface area contributed by atoms with Crippen LogP contribution in [0.15, 0.2) is 0 Å². The Hall–Kier alpha value is -0.180. The summed E-state index contributed by atoms with van der Waals surface area (Å²) in [6.45, 7) is 0. The molecule has 1 unspecified atom stereocenters. The van der Waals surface area contributed by atoms with Crippen LogP contribution < -0.4 is 5.73 Å². The Morgan fingerprint density at radius 3 is 2.00 bits per heavy atom. The van der Waals surface area contributed by atoms with Crippen molar-refractivity contribution in [2.75, 3.05) is 0 Å². The van der Waals surface area contributed by atoms with Gasteiger partial charge in [-0.25, -0.2) is 8.78 Å². The van der Waals surface area contributed by atoms with Crippen molar-refractivity contribution in [1.82, 2.24) is 0 Å². The lowest BCUT2D eigenvalue weighted by atomic mass is 9.69. The maximum absolute atomic E-state index is 13.0. The fourth-order valence-corrected chi connectivity index (χ4v) is 2.88. The van der Waals surface area contributed by atoms with Gasteiger partial charge in [-0.2, -0.15) is 0 Å². The maximum Gasteiger partial charge on any atom is 0.248 e. The third-order valence-corrected chi connectivity index (χ3v) is 3.11. The van der Waals surface area contributed by atoms with Gasteiger partial charge < -0.3 is 5.73 Å². The van der Waals surface area contributed by atoms with Crippen LogP contribution in [0, 0.1) is 11.8 Å². The van der Waals surface area contributed by atoms with E-state index in [2.05, 4.69) is 0 Å². The molecule has 0 aromatic heterocycles. The monoisotopic (exact) mass is 175 g/mol. The molecule has 2 saturated carbocycles. The van der Waals surface area contributed by atoms with Crippen LogP contribution in [0.5, 0.6) is 0 Å². The molecule has 2 bridgehead atoms. The third-order valence-electron chi connectivity index (χ3n) is 3.11. The second-order valence-electron chi connectivity index (χ2n) is 4.46. The van der Waals surface area contributed by atoms with E-state index in [1.165, 1.54) is 0 Å². The van der Waals surface area contributed by atoms with Crippen molar-refractivity contribution in [3.8, 4) is 0 Å². The van der Waals surface area contributed by atoms with Gasteiger partial charge in [0.05, 0.1) is 0 Å². The van der Waals surface area contributed by atoms with Crippen LogP contribution in [0.1, 0.15) is 32.1 Å². The van der Waals surface area contributed by atoms with E-state index < -0.39 is 5.92 Å².